The highest BCUT2D eigenvalue weighted by Gasteiger charge is 2.31. The molecule has 1 saturated heterocycles. The summed E-state index contributed by atoms with van der Waals surface area (Å²) >= 11 is 0. The number of likely N-dealkylation sites (tertiary alicyclic amines) is 1. The van der Waals surface area contributed by atoms with Crippen LogP contribution in [0.15, 0.2) is 41.1 Å². The van der Waals surface area contributed by atoms with Gasteiger partial charge in [0.05, 0.1) is 5.52 Å². The van der Waals surface area contributed by atoms with E-state index in [1.807, 2.05) is 36.3 Å². The molecule has 1 saturated carbocycles. The highest BCUT2D eigenvalue weighted by Crippen LogP contribution is 2.40. The summed E-state index contributed by atoms with van der Waals surface area (Å²) in [6.07, 6.45) is 6.09. The van der Waals surface area contributed by atoms with Gasteiger partial charge < -0.3 is 18.7 Å². The van der Waals surface area contributed by atoms with E-state index in [-0.39, 0.29) is 12.0 Å². The van der Waals surface area contributed by atoms with Gasteiger partial charge in [0.15, 0.2) is 5.69 Å². The molecule has 0 N–H and O–H groups in total. The number of piperidine rings is 1. The van der Waals surface area contributed by atoms with Crippen molar-refractivity contribution in [3.8, 4) is 5.75 Å². The number of benzene rings is 1. The summed E-state index contributed by atoms with van der Waals surface area (Å²) in [6, 6.07) is 10.0. The Labute approximate surface area is 157 Å². The number of hydrogen-bond acceptors (Lipinski definition) is 4. The van der Waals surface area contributed by atoms with Crippen LogP contribution in [-0.2, 0) is 7.05 Å². The Kier molecular flexibility index (Phi) is 3.92. The van der Waals surface area contributed by atoms with Gasteiger partial charge in [-0.1, -0.05) is 11.2 Å². The quantitative estimate of drug-likeness (QED) is 0.707. The number of nitrogens with zero attached hydrogens (tertiary/aromatic N) is 3. The van der Waals surface area contributed by atoms with Gasteiger partial charge in [-0.2, -0.15) is 0 Å². The number of aryl methyl sites for hydroxylation is 1. The SMILES string of the molecule is Cn1ccc2c(OC3CCN(C(=O)c4cc(C5CC5)on4)CC3)cccc21. The largest absolute Gasteiger partial charge is 0.490 e. The van der Waals surface area contributed by atoms with E-state index >= 15 is 0 Å². The third-order valence-corrected chi connectivity index (χ3v) is 5.64. The predicted octanol–water partition coefficient (Wildman–Crippen LogP) is 3.73. The molecule has 6 nitrogen and oxygen atoms in total. The van der Waals surface area contributed by atoms with E-state index in [4.69, 9.17) is 9.26 Å². The van der Waals surface area contributed by atoms with Gasteiger partial charge >= 0.3 is 0 Å². The van der Waals surface area contributed by atoms with Crippen molar-refractivity contribution < 1.29 is 14.1 Å². The van der Waals surface area contributed by atoms with Crippen LogP contribution in [0.3, 0.4) is 0 Å². The highest BCUT2D eigenvalue weighted by molar-refractivity contribution is 5.92. The summed E-state index contributed by atoms with van der Waals surface area (Å²) < 4.78 is 13.7. The smallest absolute Gasteiger partial charge is 0.276 e. The van der Waals surface area contributed by atoms with Crippen molar-refractivity contribution in [1.29, 1.82) is 0 Å². The number of carbonyl (C=O) groups excluding carboxylic acids is 1. The average Bonchev–Trinajstić information content (AvgIpc) is 3.30. The molecular formula is C21H23N3O3. The first kappa shape index (κ1) is 16.4. The minimum absolute atomic E-state index is 0.0331. The molecule has 27 heavy (non-hydrogen) atoms. The van der Waals surface area contributed by atoms with Crippen LogP contribution in [0.5, 0.6) is 5.75 Å². The van der Waals surface area contributed by atoms with Gasteiger partial charge in [0.1, 0.15) is 17.6 Å². The van der Waals surface area contributed by atoms with Crippen LogP contribution in [-0.4, -0.2) is 39.7 Å². The molecule has 1 aliphatic carbocycles. The fourth-order valence-corrected chi connectivity index (χ4v) is 3.85. The van der Waals surface area contributed by atoms with E-state index < -0.39 is 0 Å². The minimum Gasteiger partial charge on any atom is -0.490 e. The van der Waals surface area contributed by atoms with Crippen LogP contribution < -0.4 is 4.74 Å². The Bertz CT molecular complexity index is 978. The summed E-state index contributed by atoms with van der Waals surface area (Å²) in [4.78, 5) is 14.5. The monoisotopic (exact) mass is 365 g/mol. The lowest BCUT2D eigenvalue weighted by atomic mass is 10.1. The Morgan fingerprint density at radius 2 is 2.00 bits per heavy atom. The maximum absolute atomic E-state index is 12.7. The normalized spacial score (nSPS) is 18.2. The molecule has 140 valence electrons. The molecule has 1 aromatic carbocycles. The number of carbonyl (C=O) groups is 1. The molecule has 2 fully saturated rings. The summed E-state index contributed by atoms with van der Waals surface area (Å²) in [6.45, 7) is 1.36. The number of hydrogen-bond donors (Lipinski definition) is 0. The summed E-state index contributed by atoms with van der Waals surface area (Å²) in [5, 5.41) is 5.11. The Morgan fingerprint density at radius 1 is 1.19 bits per heavy atom. The maximum Gasteiger partial charge on any atom is 0.276 e. The lowest BCUT2D eigenvalue weighted by Crippen LogP contribution is -2.41. The lowest BCUT2D eigenvalue weighted by molar-refractivity contribution is 0.0588. The van der Waals surface area contributed by atoms with Crippen LogP contribution in [0.25, 0.3) is 10.9 Å². The molecule has 6 heteroatoms. The fraction of sp³-hybridized carbons (Fsp3) is 0.429. The molecule has 0 bridgehead atoms. The first-order valence-electron chi connectivity index (χ1n) is 9.65. The second-order valence-corrected chi connectivity index (χ2v) is 7.61. The molecule has 1 amide bonds. The average molecular weight is 365 g/mol. The molecule has 0 radical (unpaired) electrons. The van der Waals surface area contributed by atoms with Gasteiger partial charge in [-0.3, -0.25) is 4.79 Å². The molecule has 0 spiro atoms. The maximum atomic E-state index is 12.7. The van der Waals surface area contributed by atoms with Crippen LogP contribution in [0, 0.1) is 0 Å². The van der Waals surface area contributed by atoms with E-state index in [1.165, 1.54) is 0 Å². The number of amides is 1. The van der Waals surface area contributed by atoms with Gasteiger partial charge in [-0.15, -0.1) is 0 Å². The van der Waals surface area contributed by atoms with E-state index in [0.29, 0.717) is 24.7 Å². The third-order valence-electron chi connectivity index (χ3n) is 5.64. The molecule has 0 atom stereocenters. The summed E-state index contributed by atoms with van der Waals surface area (Å²) in [5.74, 6) is 2.21. The standard InChI is InChI=1S/C21H23N3O3/c1-23-10-9-16-18(23)3-2-4-19(16)26-15-7-11-24(12-8-15)21(25)17-13-20(27-22-17)14-5-6-14/h2-4,9-10,13-15H,5-8,11-12H2,1H3. The topological polar surface area (TPSA) is 60.5 Å². The van der Waals surface area contributed by atoms with E-state index in [2.05, 4.69) is 21.9 Å². The Morgan fingerprint density at radius 3 is 2.78 bits per heavy atom. The molecule has 2 aliphatic rings. The van der Waals surface area contributed by atoms with Crippen molar-refractivity contribution in [3.63, 3.8) is 0 Å². The van der Waals surface area contributed by atoms with Crippen molar-refractivity contribution in [3.05, 3.63) is 48.0 Å². The molecule has 3 heterocycles. The molecule has 2 aromatic heterocycles. The summed E-state index contributed by atoms with van der Waals surface area (Å²) in [5.41, 5.74) is 1.60. The van der Waals surface area contributed by atoms with Crippen LogP contribution >= 0.6 is 0 Å². The predicted molar refractivity (Wildman–Crippen MR) is 101 cm³/mol. The van der Waals surface area contributed by atoms with Gasteiger partial charge in [-0.25, -0.2) is 0 Å². The zero-order valence-corrected chi connectivity index (χ0v) is 15.4. The highest BCUT2D eigenvalue weighted by atomic mass is 16.5. The van der Waals surface area contributed by atoms with Crippen molar-refractivity contribution in [1.82, 2.24) is 14.6 Å². The second-order valence-electron chi connectivity index (χ2n) is 7.61. The molecule has 3 aromatic rings. The number of aromatic nitrogens is 2. The second kappa shape index (κ2) is 6.44. The fourth-order valence-electron chi connectivity index (χ4n) is 3.85. The molecule has 5 rings (SSSR count). The van der Waals surface area contributed by atoms with E-state index in [1.54, 1.807) is 0 Å². The minimum atomic E-state index is -0.0331. The van der Waals surface area contributed by atoms with Crippen molar-refractivity contribution in [2.45, 2.75) is 37.7 Å². The first-order valence-corrected chi connectivity index (χ1v) is 9.65. The van der Waals surface area contributed by atoms with Crippen molar-refractivity contribution in [2.24, 2.45) is 7.05 Å². The lowest BCUT2D eigenvalue weighted by Gasteiger charge is -2.31. The Balaban J connectivity index is 1.22. The van der Waals surface area contributed by atoms with Gasteiger partial charge in [-0.05, 0) is 31.0 Å². The van der Waals surface area contributed by atoms with Gasteiger partial charge in [0.2, 0.25) is 0 Å². The summed E-state index contributed by atoms with van der Waals surface area (Å²) in [7, 11) is 2.04. The number of fused-ring (bicyclic) bond motifs is 1. The zero-order chi connectivity index (χ0) is 18.4. The van der Waals surface area contributed by atoms with Crippen LogP contribution in [0.4, 0.5) is 0 Å². The number of ether oxygens (including phenoxy) is 1. The first-order chi connectivity index (χ1) is 13.2. The van der Waals surface area contributed by atoms with Gasteiger partial charge in [0.25, 0.3) is 5.91 Å². The van der Waals surface area contributed by atoms with Crippen molar-refractivity contribution in [2.75, 3.05) is 13.1 Å². The molecule has 0 unspecified atom stereocenters. The Hall–Kier alpha value is -2.76. The van der Waals surface area contributed by atoms with E-state index in [9.17, 15) is 4.79 Å². The molecular weight excluding hydrogens is 342 g/mol. The number of rotatable bonds is 4. The van der Waals surface area contributed by atoms with Crippen LogP contribution in [0.2, 0.25) is 0 Å². The van der Waals surface area contributed by atoms with Gasteiger partial charge in [0, 0.05) is 56.5 Å². The van der Waals surface area contributed by atoms with E-state index in [0.717, 1.165) is 48.1 Å². The zero-order valence-electron chi connectivity index (χ0n) is 15.4. The van der Waals surface area contributed by atoms with Crippen molar-refractivity contribution >= 4 is 16.8 Å². The van der Waals surface area contributed by atoms with Crippen LogP contribution in [0.1, 0.15) is 47.8 Å². The third kappa shape index (κ3) is 3.09. The molecule has 1 aliphatic heterocycles.